The summed E-state index contributed by atoms with van der Waals surface area (Å²) < 4.78 is 30.8. The Kier molecular flexibility index (Phi) is 7.45. The van der Waals surface area contributed by atoms with Crippen LogP contribution in [0.2, 0.25) is 0 Å². The van der Waals surface area contributed by atoms with Gasteiger partial charge in [-0.2, -0.15) is 0 Å². The Hall–Kier alpha value is -2.02. The van der Waals surface area contributed by atoms with Gasteiger partial charge < -0.3 is 10.1 Å². The first-order valence-electron chi connectivity index (χ1n) is 6.88. The fourth-order valence-electron chi connectivity index (χ4n) is 1.86. The number of hydrogen-bond donors (Lipinski definition) is 1. The number of nitrogens with zero attached hydrogens (tertiary/aromatic N) is 1. The van der Waals surface area contributed by atoms with Gasteiger partial charge in [-0.3, -0.25) is 14.5 Å². The number of halogens is 2. The van der Waals surface area contributed by atoms with Crippen molar-refractivity contribution >= 4 is 11.9 Å². The molecule has 0 radical (unpaired) electrons. The topological polar surface area (TPSA) is 58.6 Å². The minimum atomic E-state index is -0.634. The van der Waals surface area contributed by atoms with Gasteiger partial charge in [-0.1, -0.05) is 6.07 Å². The van der Waals surface area contributed by atoms with Crippen LogP contribution in [0.25, 0.3) is 0 Å². The fraction of sp³-hybridized carbons (Fsp3) is 0.467. The van der Waals surface area contributed by atoms with Crippen LogP contribution in [-0.2, 0) is 20.9 Å². The number of nitrogens with one attached hydrogen (secondary N) is 1. The number of methoxy groups -OCH3 is 1. The number of benzene rings is 1. The number of likely N-dealkylation sites (N-methyl/N-ethyl adjacent to an activating group) is 1. The number of esters is 1. The summed E-state index contributed by atoms with van der Waals surface area (Å²) in [6, 6.07) is 3.35. The van der Waals surface area contributed by atoms with E-state index in [1.54, 1.807) is 11.9 Å². The Balaban J connectivity index is 2.30. The Morgan fingerprint density at radius 2 is 2.05 bits per heavy atom. The fourth-order valence-corrected chi connectivity index (χ4v) is 1.86. The second-order valence-corrected chi connectivity index (χ2v) is 4.94. The summed E-state index contributed by atoms with van der Waals surface area (Å²) in [5.41, 5.74) is 0.322. The van der Waals surface area contributed by atoms with Crippen LogP contribution < -0.4 is 5.32 Å². The number of carbonyl (C=O) groups is 2. The van der Waals surface area contributed by atoms with Gasteiger partial charge in [-0.05, 0) is 19.5 Å². The highest BCUT2D eigenvalue weighted by Crippen LogP contribution is 2.11. The predicted molar refractivity (Wildman–Crippen MR) is 77.0 cm³/mol. The summed E-state index contributed by atoms with van der Waals surface area (Å²) >= 11 is 0. The van der Waals surface area contributed by atoms with E-state index in [1.807, 2.05) is 0 Å². The van der Waals surface area contributed by atoms with Gasteiger partial charge in [0.2, 0.25) is 5.91 Å². The summed E-state index contributed by atoms with van der Waals surface area (Å²) in [5.74, 6) is -1.81. The molecular weight excluding hydrogens is 294 g/mol. The van der Waals surface area contributed by atoms with Gasteiger partial charge in [0.05, 0.1) is 13.7 Å². The third kappa shape index (κ3) is 6.62. The third-order valence-electron chi connectivity index (χ3n) is 2.98. The molecule has 7 heteroatoms. The highest BCUT2D eigenvalue weighted by atomic mass is 19.1. The van der Waals surface area contributed by atoms with E-state index in [-0.39, 0.29) is 31.4 Å². The molecule has 1 rings (SSSR count). The molecule has 1 aromatic carbocycles. The average molecular weight is 314 g/mol. The molecule has 0 atom stereocenters. The second-order valence-electron chi connectivity index (χ2n) is 4.94. The van der Waals surface area contributed by atoms with E-state index in [0.717, 1.165) is 6.07 Å². The molecule has 0 aromatic heterocycles. The maximum absolute atomic E-state index is 13.5. The molecule has 1 amide bonds. The van der Waals surface area contributed by atoms with Crippen molar-refractivity contribution < 1.29 is 23.1 Å². The van der Waals surface area contributed by atoms with Crippen LogP contribution in [0.15, 0.2) is 18.2 Å². The van der Waals surface area contributed by atoms with Crippen LogP contribution in [0.3, 0.4) is 0 Å². The lowest BCUT2D eigenvalue weighted by molar-refractivity contribution is -0.140. The molecule has 0 aliphatic heterocycles. The van der Waals surface area contributed by atoms with Crippen molar-refractivity contribution in [2.45, 2.75) is 19.4 Å². The van der Waals surface area contributed by atoms with Crippen molar-refractivity contribution in [3.8, 4) is 0 Å². The first-order chi connectivity index (χ1) is 10.4. The van der Waals surface area contributed by atoms with Crippen molar-refractivity contribution in [3.63, 3.8) is 0 Å². The number of hydrogen-bond acceptors (Lipinski definition) is 4. The third-order valence-corrected chi connectivity index (χ3v) is 2.98. The van der Waals surface area contributed by atoms with E-state index in [2.05, 4.69) is 10.1 Å². The minimum Gasteiger partial charge on any atom is -0.469 e. The second kappa shape index (κ2) is 9.09. The molecule has 1 aromatic rings. The lowest BCUT2D eigenvalue weighted by atomic mass is 10.2. The van der Waals surface area contributed by atoms with Gasteiger partial charge in [-0.25, -0.2) is 8.78 Å². The molecule has 0 heterocycles. The molecule has 0 unspecified atom stereocenters. The number of ether oxygens (including phenoxy) is 1. The molecule has 0 fully saturated rings. The normalized spacial score (nSPS) is 10.6. The number of rotatable bonds is 8. The molecule has 0 bridgehead atoms. The zero-order valence-corrected chi connectivity index (χ0v) is 12.7. The van der Waals surface area contributed by atoms with E-state index in [9.17, 15) is 18.4 Å². The van der Waals surface area contributed by atoms with Crippen molar-refractivity contribution in [3.05, 3.63) is 35.4 Å². The molecule has 5 nitrogen and oxygen atoms in total. The standard InChI is InChI=1S/C15H20F2N2O3/c1-19(9-11-5-6-12(16)8-13(11)17)10-14(20)18-7-3-4-15(21)22-2/h5-6,8H,3-4,7,9-10H2,1-2H3,(H,18,20). The number of amides is 1. The highest BCUT2D eigenvalue weighted by molar-refractivity contribution is 5.78. The van der Waals surface area contributed by atoms with E-state index >= 15 is 0 Å². The zero-order valence-electron chi connectivity index (χ0n) is 12.7. The van der Waals surface area contributed by atoms with Gasteiger partial charge >= 0.3 is 5.97 Å². The first-order valence-corrected chi connectivity index (χ1v) is 6.88. The monoisotopic (exact) mass is 314 g/mol. The van der Waals surface area contributed by atoms with Crippen LogP contribution in [0.5, 0.6) is 0 Å². The van der Waals surface area contributed by atoms with Crippen LogP contribution in [0.1, 0.15) is 18.4 Å². The summed E-state index contributed by atoms with van der Waals surface area (Å²) in [5, 5.41) is 2.66. The summed E-state index contributed by atoms with van der Waals surface area (Å²) in [7, 11) is 2.97. The van der Waals surface area contributed by atoms with Crippen molar-refractivity contribution in [2.75, 3.05) is 27.2 Å². The first kappa shape index (κ1) is 18.0. The van der Waals surface area contributed by atoms with Gasteiger partial charge in [0.15, 0.2) is 0 Å². The Morgan fingerprint density at radius 1 is 1.32 bits per heavy atom. The summed E-state index contributed by atoms with van der Waals surface area (Å²) in [6.07, 6.45) is 0.738. The molecule has 22 heavy (non-hydrogen) atoms. The molecule has 0 saturated heterocycles. The van der Waals surface area contributed by atoms with Crippen molar-refractivity contribution in [1.82, 2.24) is 10.2 Å². The molecular formula is C15H20F2N2O3. The SMILES string of the molecule is COC(=O)CCCNC(=O)CN(C)Cc1ccc(F)cc1F. The van der Waals surface area contributed by atoms with Gasteiger partial charge in [0.25, 0.3) is 0 Å². The van der Waals surface area contributed by atoms with Crippen LogP contribution in [0, 0.1) is 11.6 Å². The smallest absolute Gasteiger partial charge is 0.305 e. The molecule has 1 N–H and O–H groups in total. The van der Waals surface area contributed by atoms with E-state index < -0.39 is 11.6 Å². The van der Waals surface area contributed by atoms with Gasteiger partial charge in [-0.15, -0.1) is 0 Å². The van der Waals surface area contributed by atoms with Crippen LogP contribution >= 0.6 is 0 Å². The molecule has 122 valence electrons. The zero-order chi connectivity index (χ0) is 16.5. The maximum Gasteiger partial charge on any atom is 0.305 e. The minimum absolute atomic E-state index is 0.0784. The Morgan fingerprint density at radius 3 is 2.68 bits per heavy atom. The van der Waals surface area contributed by atoms with Crippen LogP contribution in [0.4, 0.5) is 8.78 Å². The van der Waals surface area contributed by atoms with E-state index in [4.69, 9.17) is 0 Å². The van der Waals surface area contributed by atoms with Crippen LogP contribution in [-0.4, -0.2) is 44.0 Å². The summed E-state index contributed by atoms with van der Waals surface area (Å²) in [6.45, 7) is 0.642. The number of carbonyl (C=O) groups excluding carboxylic acids is 2. The van der Waals surface area contributed by atoms with Gasteiger partial charge in [0, 0.05) is 31.1 Å². The maximum atomic E-state index is 13.5. The molecule has 0 aliphatic carbocycles. The summed E-state index contributed by atoms with van der Waals surface area (Å²) in [4.78, 5) is 24.2. The van der Waals surface area contributed by atoms with E-state index in [1.165, 1.54) is 19.2 Å². The molecule has 0 spiro atoms. The highest BCUT2D eigenvalue weighted by Gasteiger charge is 2.10. The van der Waals surface area contributed by atoms with Crippen molar-refractivity contribution in [2.24, 2.45) is 0 Å². The average Bonchev–Trinajstić information content (AvgIpc) is 2.46. The lowest BCUT2D eigenvalue weighted by Gasteiger charge is -2.16. The Bertz CT molecular complexity index is 524. The molecule has 0 saturated carbocycles. The molecule has 0 aliphatic rings. The van der Waals surface area contributed by atoms with E-state index in [0.29, 0.717) is 18.5 Å². The van der Waals surface area contributed by atoms with Gasteiger partial charge in [0.1, 0.15) is 11.6 Å². The van der Waals surface area contributed by atoms with Crippen molar-refractivity contribution in [1.29, 1.82) is 0 Å². The largest absolute Gasteiger partial charge is 0.469 e. The Labute approximate surface area is 128 Å². The quantitative estimate of drug-likeness (QED) is 0.583. The lowest BCUT2D eigenvalue weighted by Crippen LogP contribution is -2.35. The predicted octanol–water partition coefficient (Wildman–Crippen LogP) is 1.47.